The third-order valence-electron chi connectivity index (χ3n) is 3.37. The van der Waals surface area contributed by atoms with E-state index in [1.165, 1.54) is 18.1 Å². The molecule has 3 N–H and O–H groups in total. The highest BCUT2D eigenvalue weighted by Crippen LogP contribution is 2.17. The van der Waals surface area contributed by atoms with Crippen LogP contribution in [-0.2, 0) is 0 Å². The van der Waals surface area contributed by atoms with Gasteiger partial charge < -0.3 is 16.0 Å². The molecule has 9 heteroatoms. The van der Waals surface area contributed by atoms with Gasteiger partial charge in [0.15, 0.2) is 0 Å². The molecular weight excluding hydrogens is 322 g/mol. The Morgan fingerprint density at radius 3 is 2.28 bits per heavy atom. The summed E-state index contributed by atoms with van der Waals surface area (Å²) in [6.07, 6.45) is 1.42. The Morgan fingerprint density at radius 2 is 1.64 bits per heavy atom. The van der Waals surface area contributed by atoms with Crippen molar-refractivity contribution in [3.05, 3.63) is 60.4 Å². The number of carbonyl (C=O) groups is 2. The van der Waals surface area contributed by atoms with Gasteiger partial charge in [0.05, 0.1) is 11.3 Å². The lowest BCUT2D eigenvalue weighted by Gasteiger charge is -2.10. The number of hydrogen-bond acceptors (Lipinski definition) is 5. The van der Waals surface area contributed by atoms with E-state index >= 15 is 0 Å². The van der Waals surface area contributed by atoms with Gasteiger partial charge in [0.25, 0.3) is 5.91 Å². The van der Waals surface area contributed by atoms with Gasteiger partial charge in [0.1, 0.15) is 6.33 Å². The van der Waals surface area contributed by atoms with Crippen molar-refractivity contribution in [2.45, 2.75) is 0 Å². The predicted molar refractivity (Wildman–Crippen MR) is 91.6 cm³/mol. The van der Waals surface area contributed by atoms with Crippen LogP contribution in [0.2, 0.25) is 0 Å². The molecule has 1 heterocycles. The molecule has 0 bridgehead atoms. The number of urea groups is 1. The minimum absolute atomic E-state index is 0.293. The second-order valence-electron chi connectivity index (χ2n) is 5.01. The Morgan fingerprint density at radius 1 is 0.960 bits per heavy atom. The molecule has 0 spiro atoms. The fraction of sp³-hybridized carbons (Fsp3) is 0.0625. The van der Waals surface area contributed by atoms with Crippen LogP contribution in [0.4, 0.5) is 16.2 Å². The van der Waals surface area contributed by atoms with E-state index in [4.69, 9.17) is 0 Å². The van der Waals surface area contributed by atoms with Crippen LogP contribution in [-0.4, -0.2) is 39.2 Å². The summed E-state index contributed by atoms with van der Waals surface area (Å²) in [5, 5.41) is 18.9. The Hall–Kier alpha value is -3.75. The average molecular weight is 337 g/mol. The van der Waals surface area contributed by atoms with Gasteiger partial charge in [-0.2, -0.15) is 4.68 Å². The van der Waals surface area contributed by atoms with Crippen molar-refractivity contribution in [1.82, 2.24) is 25.5 Å². The maximum Gasteiger partial charge on any atom is 0.318 e. The standard InChI is InChI=1S/C16H15N7O2/c1-17-16(25)20-12-8-6-11(7-9-12)19-15(24)13-4-2-3-5-14(13)23-10-18-21-22-23/h2-10H,1H3,(H,19,24)(H2,17,20,25). The number of aromatic nitrogens is 4. The van der Waals surface area contributed by atoms with Gasteiger partial charge in [-0.3, -0.25) is 4.79 Å². The summed E-state index contributed by atoms with van der Waals surface area (Å²) in [4.78, 5) is 23.8. The van der Waals surface area contributed by atoms with Gasteiger partial charge in [-0.25, -0.2) is 4.79 Å². The maximum absolute atomic E-state index is 12.6. The van der Waals surface area contributed by atoms with Gasteiger partial charge in [-0.1, -0.05) is 12.1 Å². The number of rotatable bonds is 4. The van der Waals surface area contributed by atoms with Crippen LogP contribution in [0.1, 0.15) is 10.4 Å². The highest BCUT2D eigenvalue weighted by molar-refractivity contribution is 6.06. The minimum atomic E-state index is -0.313. The molecule has 0 unspecified atom stereocenters. The first-order valence-electron chi connectivity index (χ1n) is 7.40. The number of amides is 3. The van der Waals surface area contributed by atoms with Gasteiger partial charge in [-0.05, 0) is 46.8 Å². The summed E-state index contributed by atoms with van der Waals surface area (Å²) in [5.41, 5.74) is 2.22. The SMILES string of the molecule is CNC(=O)Nc1ccc(NC(=O)c2ccccc2-n2cnnn2)cc1. The van der Waals surface area contributed by atoms with Crippen molar-refractivity contribution in [3.8, 4) is 5.69 Å². The van der Waals surface area contributed by atoms with Gasteiger partial charge >= 0.3 is 6.03 Å². The molecule has 3 aromatic rings. The fourth-order valence-corrected chi connectivity index (χ4v) is 2.17. The normalized spacial score (nSPS) is 10.1. The quantitative estimate of drug-likeness (QED) is 0.670. The number of para-hydroxylation sites is 1. The fourth-order valence-electron chi connectivity index (χ4n) is 2.17. The lowest BCUT2D eigenvalue weighted by atomic mass is 10.1. The van der Waals surface area contributed by atoms with Crippen molar-refractivity contribution in [1.29, 1.82) is 0 Å². The van der Waals surface area contributed by atoms with E-state index < -0.39 is 0 Å². The van der Waals surface area contributed by atoms with Crippen LogP contribution in [0.25, 0.3) is 5.69 Å². The molecule has 25 heavy (non-hydrogen) atoms. The first-order chi connectivity index (χ1) is 12.2. The number of nitrogens with one attached hydrogen (secondary N) is 3. The number of nitrogens with zero attached hydrogens (tertiary/aromatic N) is 4. The highest BCUT2D eigenvalue weighted by Gasteiger charge is 2.13. The van der Waals surface area contributed by atoms with E-state index in [1.807, 2.05) is 0 Å². The third kappa shape index (κ3) is 3.78. The van der Waals surface area contributed by atoms with Gasteiger partial charge in [0, 0.05) is 18.4 Å². The van der Waals surface area contributed by atoms with Crippen molar-refractivity contribution in [2.75, 3.05) is 17.7 Å². The molecule has 0 saturated carbocycles. The Kier molecular flexibility index (Phi) is 4.65. The van der Waals surface area contributed by atoms with Crippen molar-refractivity contribution in [3.63, 3.8) is 0 Å². The summed E-state index contributed by atoms with van der Waals surface area (Å²) in [5.74, 6) is -0.293. The summed E-state index contributed by atoms with van der Waals surface area (Å²) in [7, 11) is 1.53. The summed E-state index contributed by atoms with van der Waals surface area (Å²) < 4.78 is 1.42. The number of carbonyl (C=O) groups excluding carboxylic acids is 2. The lowest BCUT2D eigenvalue weighted by molar-refractivity contribution is 0.102. The van der Waals surface area contributed by atoms with Crippen LogP contribution in [0.15, 0.2) is 54.9 Å². The van der Waals surface area contributed by atoms with E-state index in [0.717, 1.165) is 0 Å². The van der Waals surface area contributed by atoms with E-state index in [-0.39, 0.29) is 11.9 Å². The average Bonchev–Trinajstić information content (AvgIpc) is 3.18. The summed E-state index contributed by atoms with van der Waals surface area (Å²) >= 11 is 0. The molecule has 0 saturated heterocycles. The van der Waals surface area contributed by atoms with Gasteiger partial charge in [-0.15, -0.1) is 5.10 Å². The second-order valence-corrected chi connectivity index (χ2v) is 5.01. The molecule has 3 rings (SSSR count). The zero-order chi connectivity index (χ0) is 17.6. The van der Waals surface area contributed by atoms with Crippen LogP contribution in [0.3, 0.4) is 0 Å². The molecule has 0 atom stereocenters. The highest BCUT2D eigenvalue weighted by atomic mass is 16.2. The Balaban J connectivity index is 1.76. The number of tetrazole rings is 1. The zero-order valence-corrected chi connectivity index (χ0v) is 13.3. The Bertz CT molecular complexity index is 876. The van der Waals surface area contributed by atoms with Crippen molar-refractivity contribution >= 4 is 23.3 Å². The molecule has 9 nitrogen and oxygen atoms in total. The molecule has 1 aromatic heterocycles. The maximum atomic E-state index is 12.6. The van der Waals surface area contributed by atoms with Gasteiger partial charge in [0.2, 0.25) is 0 Å². The molecular formula is C16H15N7O2. The van der Waals surface area contributed by atoms with Crippen LogP contribution in [0, 0.1) is 0 Å². The summed E-state index contributed by atoms with van der Waals surface area (Å²) in [6, 6.07) is 13.5. The molecule has 0 radical (unpaired) electrons. The number of benzene rings is 2. The second kappa shape index (κ2) is 7.21. The molecule has 0 aliphatic rings. The van der Waals surface area contributed by atoms with Crippen LogP contribution < -0.4 is 16.0 Å². The molecule has 0 aliphatic heterocycles. The van der Waals surface area contributed by atoms with E-state index in [9.17, 15) is 9.59 Å². The first-order valence-corrected chi connectivity index (χ1v) is 7.40. The van der Waals surface area contributed by atoms with E-state index in [1.54, 1.807) is 48.5 Å². The molecule has 0 aliphatic carbocycles. The van der Waals surface area contributed by atoms with E-state index in [2.05, 4.69) is 31.5 Å². The zero-order valence-electron chi connectivity index (χ0n) is 13.3. The number of hydrogen-bond donors (Lipinski definition) is 3. The van der Waals surface area contributed by atoms with Crippen LogP contribution in [0.5, 0.6) is 0 Å². The summed E-state index contributed by atoms with van der Waals surface area (Å²) in [6.45, 7) is 0. The molecule has 3 amide bonds. The smallest absolute Gasteiger partial charge is 0.318 e. The Labute approximate surface area is 143 Å². The van der Waals surface area contributed by atoms with Crippen molar-refractivity contribution < 1.29 is 9.59 Å². The molecule has 2 aromatic carbocycles. The lowest BCUT2D eigenvalue weighted by Crippen LogP contribution is -2.24. The van der Waals surface area contributed by atoms with E-state index in [0.29, 0.717) is 22.6 Å². The molecule has 126 valence electrons. The number of anilines is 2. The first kappa shape index (κ1) is 16.1. The van der Waals surface area contributed by atoms with Crippen LogP contribution >= 0.6 is 0 Å². The molecule has 0 fully saturated rings. The third-order valence-corrected chi connectivity index (χ3v) is 3.37. The predicted octanol–water partition coefficient (Wildman–Crippen LogP) is 1.67. The topological polar surface area (TPSA) is 114 Å². The monoisotopic (exact) mass is 337 g/mol. The largest absolute Gasteiger partial charge is 0.341 e. The van der Waals surface area contributed by atoms with Crippen molar-refractivity contribution in [2.24, 2.45) is 0 Å². The minimum Gasteiger partial charge on any atom is -0.341 e.